The quantitative estimate of drug-likeness (QED) is 0.551. The molecule has 0 aromatic heterocycles. The minimum atomic E-state index is -1.57. The van der Waals surface area contributed by atoms with Gasteiger partial charge in [-0.15, -0.1) is 0 Å². The first kappa shape index (κ1) is 14.2. The first-order valence-electron chi connectivity index (χ1n) is 7.95. The van der Waals surface area contributed by atoms with E-state index in [1.165, 1.54) is 12.8 Å². The molecule has 2 saturated heterocycles. The van der Waals surface area contributed by atoms with Crippen LogP contribution in [0.15, 0.2) is 0 Å². The van der Waals surface area contributed by atoms with Crippen molar-refractivity contribution in [3.05, 3.63) is 0 Å². The van der Waals surface area contributed by atoms with Crippen LogP contribution in [0.2, 0.25) is 17.7 Å². The van der Waals surface area contributed by atoms with Crippen molar-refractivity contribution < 1.29 is 0 Å². The molecule has 0 unspecified atom stereocenters. The Morgan fingerprint density at radius 1 is 0.706 bits per heavy atom. The molecular formula is C16H32Sn. The van der Waals surface area contributed by atoms with Crippen LogP contribution in [0.4, 0.5) is 0 Å². The second-order valence-electron chi connectivity index (χ2n) is 7.83. The van der Waals surface area contributed by atoms with Gasteiger partial charge in [-0.05, 0) is 0 Å². The molecule has 17 heavy (non-hydrogen) atoms. The van der Waals surface area contributed by atoms with Gasteiger partial charge in [0, 0.05) is 0 Å². The maximum atomic E-state index is 2.55. The van der Waals surface area contributed by atoms with Gasteiger partial charge < -0.3 is 0 Å². The van der Waals surface area contributed by atoms with Gasteiger partial charge in [-0.1, -0.05) is 0 Å². The van der Waals surface area contributed by atoms with Crippen molar-refractivity contribution in [1.29, 1.82) is 0 Å². The first-order valence-corrected chi connectivity index (χ1v) is 16.0. The molecule has 2 heterocycles. The van der Waals surface area contributed by atoms with Crippen LogP contribution >= 0.6 is 0 Å². The third-order valence-corrected chi connectivity index (χ3v) is 21.7. The molecule has 0 aromatic rings. The predicted octanol–water partition coefficient (Wildman–Crippen LogP) is 5.86. The third-order valence-electron chi connectivity index (χ3n) is 6.74. The summed E-state index contributed by atoms with van der Waals surface area (Å²) in [6, 6.07) is 0. The average Bonchev–Trinajstić information content (AvgIpc) is 2.37. The molecule has 0 aromatic carbocycles. The standard InChI is InChI=1S/2C8H16.Sn/c2*1-5-8(4,6-2)7-3;/h2*1-2,5-7H2,3-4H3;. The molecule has 2 aliphatic rings. The Morgan fingerprint density at radius 3 is 1.24 bits per heavy atom. The Balaban J connectivity index is 1.93. The minimum absolute atomic E-state index is 0.730. The zero-order valence-electron chi connectivity index (χ0n) is 12.6. The topological polar surface area (TPSA) is 0 Å². The number of rotatable bonds is 2. The van der Waals surface area contributed by atoms with Gasteiger partial charge in [0.05, 0.1) is 0 Å². The molecule has 0 nitrogen and oxygen atoms in total. The van der Waals surface area contributed by atoms with Crippen LogP contribution in [0.5, 0.6) is 0 Å². The summed E-state index contributed by atoms with van der Waals surface area (Å²) in [6.07, 6.45) is 9.18. The summed E-state index contributed by atoms with van der Waals surface area (Å²) < 4.78 is 6.94. The van der Waals surface area contributed by atoms with E-state index in [4.69, 9.17) is 0 Å². The van der Waals surface area contributed by atoms with Gasteiger partial charge in [-0.2, -0.15) is 0 Å². The van der Waals surface area contributed by atoms with Crippen LogP contribution in [-0.4, -0.2) is 18.4 Å². The van der Waals surface area contributed by atoms with Gasteiger partial charge in [-0.3, -0.25) is 0 Å². The van der Waals surface area contributed by atoms with Crippen molar-refractivity contribution in [2.75, 3.05) is 0 Å². The molecule has 0 saturated carbocycles. The van der Waals surface area contributed by atoms with Crippen LogP contribution in [0.3, 0.4) is 0 Å². The van der Waals surface area contributed by atoms with Crippen LogP contribution < -0.4 is 0 Å². The van der Waals surface area contributed by atoms with E-state index < -0.39 is 18.4 Å². The molecule has 2 rings (SSSR count). The molecule has 0 aliphatic carbocycles. The molecule has 0 N–H and O–H groups in total. The molecule has 2 fully saturated rings. The Morgan fingerprint density at radius 2 is 1.00 bits per heavy atom. The van der Waals surface area contributed by atoms with E-state index >= 15 is 0 Å². The van der Waals surface area contributed by atoms with Crippen molar-refractivity contribution in [3.63, 3.8) is 0 Å². The fourth-order valence-electron chi connectivity index (χ4n) is 3.97. The Kier molecular flexibility index (Phi) is 4.23. The Bertz CT molecular complexity index is 221. The van der Waals surface area contributed by atoms with Crippen LogP contribution in [0.1, 0.15) is 66.2 Å². The second-order valence-corrected chi connectivity index (χ2v) is 22.1. The van der Waals surface area contributed by atoms with Crippen molar-refractivity contribution in [1.82, 2.24) is 0 Å². The SMILES string of the molecule is CCC1(C)C[CH2][Sn]2([CH2]C1)[CH2]CC(C)(CC)C[CH2]2. The fourth-order valence-corrected chi connectivity index (χ4v) is 21.2. The molecule has 100 valence electrons. The molecule has 0 radical (unpaired) electrons. The third kappa shape index (κ3) is 3.04. The summed E-state index contributed by atoms with van der Waals surface area (Å²) in [7, 11) is 0. The number of hydrogen-bond donors (Lipinski definition) is 0. The van der Waals surface area contributed by atoms with E-state index in [0.29, 0.717) is 0 Å². The predicted molar refractivity (Wildman–Crippen MR) is 80.2 cm³/mol. The Labute approximate surface area is 113 Å². The normalized spacial score (nSPS) is 47.3. The summed E-state index contributed by atoms with van der Waals surface area (Å²) in [5, 5.41) is 0. The van der Waals surface area contributed by atoms with Gasteiger partial charge in [-0.25, -0.2) is 0 Å². The molecule has 0 atom stereocenters. The second kappa shape index (κ2) is 5.06. The van der Waals surface area contributed by atoms with E-state index in [2.05, 4.69) is 27.7 Å². The van der Waals surface area contributed by atoms with Crippen molar-refractivity contribution >= 4 is 18.4 Å². The molecule has 0 bridgehead atoms. The summed E-state index contributed by atoms with van der Waals surface area (Å²) in [5.74, 6) is 0. The van der Waals surface area contributed by atoms with E-state index in [9.17, 15) is 0 Å². The van der Waals surface area contributed by atoms with Crippen molar-refractivity contribution in [2.45, 2.75) is 84.0 Å². The monoisotopic (exact) mass is 344 g/mol. The molecule has 0 amide bonds. The van der Waals surface area contributed by atoms with Gasteiger partial charge in [0.2, 0.25) is 0 Å². The van der Waals surface area contributed by atoms with Crippen LogP contribution in [0.25, 0.3) is 0 Å². The van der Waals surface area contributed by atoms with E-state index in [1.807, 2.05) is 0 Å². The molecule has 2 aliphatic heterocycles. The first-order chi connectivity index (χ1) is 7.95. The summed E-state index contributed by atoms with van der Waals surface area (Å²) >= 11 is -1.57. The molecule has 1 heteroatoms. The molecule has 1 spiro atoms. The number of hydrogen-bond acceptors (Lipinski definition) is 0. The van der Waals surface area contributed by atoms with Gasteiger partial charge in [0.25, 0.3) is 0 Å². The van der Waals surface area contributed by atoms with Gasteiger partial charge in [0.15, 0.2) is 0 Å². The summed E-state index contributed by atoms with van der Waals surface area (Å²) in [4.78, 5) is 0. The average molecular weight is 343 g/mol. The van der Waals surface area contributed by atoms with Crippen molar-refractivity contribution in [3.8, 4) is 0 Å². The zero-order chi connectivity index (χ0) is 12.6. The Hall–Kier alpha value is 0.799. The molecular weight excluding hydrogens is 311 g/mol. The fraction of sp³-hybridized carbons (Fsp3) is 1.00. The van der Waals surface area contributed by atoms with Gasteiger partial charge in [0.1, 0.15) is 0 Å². The zero-order valence-corrected chi connectivity index (χ0v) is 15.4. The van der Waals surface area contributed by atoms with Crippen LogP contribution in [-0.2, 0) is 0 Å². The van der Waals surface area contributed by atoms with E-state index in [-0.39, 0.29) is 0 Å². The summed E-state index contributed by atoms with van der Waals surface area (Å²) in [5.41, 5.74) is 1.46. The van der Waals surface area contributed by atoms with E-state index in [1.54, 1.807) is 43.4 Å². The maximum absolute atomic E-state index is 2.55. The van der Waals surface area contributed by atoms with Crippen LogP contribution in [0, 0.1) is 10.8 Å². The summed E-state index contributed by atoms with van der Waals surface area (Å²) in [6.45, 7) is 9.90. The van der Waals surface area contributed by atoms with Crippen molar-refractivity contribution in [2.24, 2.45) is 10.8 Å². The van der Waals surface area contributed by atoms with E-state index in [0.717, 1.165) is 10.8 Å². The van der Waals surface area contributed by atoms with Gasteiger partial charge >= 0.3 is 113 Å².